The van der Waals surface area contributed by atoms with Gasteiger partial charge >= 0.3 is 0 Å². The van der Waals surface area contributed by atoms with Crippen LogP contribution >= 0.6 is 0 Å². The summed E-state index contributed by atoms with van der Waals surface area (Å²) < 4.78 is 0. The van der Waals surface area contributed by atoms with Crippen LogP contribution < -0.4 is 0 Å². The standard InChI is InChI=1S/C15H26O/c1-4-10-5-9(2)13-12-6-11(14(10)13)7-15(12,3)8-16/h9-14,16H,4-8H2,1-3H3. The number of rotatable bonds is 2. The van der Waals surface area contributed by atoms with Gasteiger partial charge in [0.25, 0.3) is 0 Å². The van der Waals surface area contributed by atoms with E-state index in [0.717, 1.165) is 35.5 Å². The molecule has 16 heavy (non-hydrogen) atoms. The van der Waals surface area contributed by atoms with E-state index in [-0.39, 0.29) is 5.41 Å². The topological polar surface area (TPSA) is 20.2 Å². The van der Waals surface area contributed by atoms with E-state index < -0.39 is 0 Å². The lowest BCUT2D eigenvalue weighted by Crippen LogP contribution is -2.38. The molecule has 0 heterocycles. The van der Waals surface area contributed by atoms with Crippen LogP contribution in [0.2, 0.25) is 0 Å². The summed E-state index contributed by atoms with van der Waals surface area (Å²) in [5.41, 5.74) is 0.267. The minimum absolute atomic E-state index is 0.267. The van der Waals surface area contributed by atoms with Crippen LogP contribution in [-0.2, 0) is 0 Å². The molecule has 3 saturated carbocycles. The van der Waals surface area contributed by atoms with Gasteiger partial charge < -0.3 is 5.11 Å². The second-order valence-electron chi connectivity index (χ2n) is 7.15. The highest BCUT2D eigenvalue weighted by Crippen LogP contribution is 2.68. The summed E-state index contributed by atoms with van der Waals surface area (Å²) in [6.45, 7) is 7.59. The summed E-state index contributed by atoms with van der Waals surface area (Å²) in [6.07, 6.45) is 5.57. The maximum absolute atomic E-state index is 9.68. The normalized spacial score (nSPS) is 59.2. The van der Waals surface area contributed by atoms with Crippen molar-refractivity contribution in [2.75, 3.05) is 6.61 Å². The summed E-state index contributed by atoms with van der Waals surface area (Å²) in [5, 5.41) is 9.68. The molecule has 3 aliphatic carbocycles. The van der Waals surface area contributed by atoms with Gasteiger partial charge in [-0.1, -0.05) is 27.2 Å². The maximum Gasteiger partial charge on any atom is 0.0487 e. The highest BCUT2D eigenvalue weighted by atomic mass is 16.3. The van der Waals surface area contributed by atoms with Crippen molar-refractivity contribution in [3.05, 3.63) is 0 Å². The van der Waals surface area contributed by atoms with Crippen molar-refractivity contribution in [3.8, 4) is 0 Å². The van der Waals surface area contributed by atoms with Gasteiger partial charge in [0.1, 0.15) is 0 Å². The van der Waals surface area contributed by atoms with Crippen LogP contribution in [0.1, 0.15) is 46.5 Å². The van der Waals surface area contributed by atoms with Gasteiger partial charge in [-0.15, -0.1) is 0 Å². The molecule has 0 amide bonds. The molecule has 0 spiro atoms. The first-order chi connectivity index (χ1) is 7.60. The largest absolute Gasteiger partial charge is 0.396 e. The van der Waals surface area contributed by atoms with E-state index in [0.29, 0.717) is 6.61 Å². The predicted molar refractivity (Wildman–Crippen MR) is 65.9 cm³/mol. The van der Waals surface area contributed by atoms with E-state index in [1.54, 1.807) is 0 Å². The fraction of sp³-hybridized carbons (Fsp3) is 1.00. The SMILES string of the molecule is CCC1CC(C)C2C1C1CC2C(C)(CO)C1. The molecule has 0 aromatic carbocycles. The minimum atomic E-state index is 0.267. The van der Waals surface area contributed by atoms with Crippen molar-refractivity contribution in [1.29, 1.82) is 0 Å². The molecule has 92 valence electrons. The van der Waals surface area contributed by atoms with Crippen molar-refractivity contribution in [2.45, 2.75) is 46.5 Å². The fourth-order valence-electron chi connectivity index (χ4n) is 5.83. The summed E-state index contributed by atoms with van der Waals surface area (Å²) in [6, 6.07) is 0. The molecule has 3 fully saturated rings. The zero-order valence-electron chi connectivity index (χ0n) is 10.9. The molecule has 1 heteroatoms. The van der Waals surface area contributed by atoms with Crippen LogP contribution in [0.15, 0.2) is 0 Å². The Morgan fingerprint density at radius 2 is 2.00 bits per heavy atom. The van der Waals surface area contributed by atoms with Crippen molar-refractivity contribution in [2.24, 2.45) is 40.9 Å². The van der Waals surface area contributed by atoms with Crippen molar-refractivity contribution in [3.63, 3.8) is 0 Å². The predicted octanol–water partition coefficient (Wildman–Crippen LogP) is 3.32. The van der Waals surface area contributed by atoms with Crippen LogP contribution in [-0.4, -0.2) is 11.7 Å². The van der Waals surface area contributed by atoms with Gasteiger partial charge in [0, 0.05) is 6.61 Å². The van der Waals surface area contributed by atoms with Crippen molar-refractivity contribution >= 4 is 0 Å². The van der Waals surface area contributed by atoms with Crippen LogP contribution in [0.4, 0.5) is 0 Å². The number of fused-ring (bicyclic) bond motifs is 5. The molecule has 7 unspecified atom stereocenters. The van der Waals surface area contributed by atoms with Gasteiger partial charge in [-0.2, -0.15) is 0 Å². The van der Waals surface area contributed by atoms with Crippen molar-refractivity contribution < 1.29 is 5.11 Å². The van der Waals surface area contributed by atoms with Gasteiger partial charge in [-0.25, -0.2) is 0 Å². The smallest absolute Gasteiger partial charge is 0.0487 e. The second kappa shape index (κ2) is 3.48. The van der Waals surface area contributed by atoms with Crippen LogP contribution in [0.3, 0.4) is 0 Å². The number of hydrogen-bond donors (Lipinski definition) is 1. The summed E-state index contributed by atoms with van der Waals surface area (Å²) in [7, 11) is 0. The number of aliphatic hydroxyl groups is 1. The molecule has 3 rings (SSSR count). The third kappa shape index (κ3) is 1.21. The Bertz CT molecular complexity index is 287. The second-order valence-corrected chi connectivity index (χ2v) is 7.15. The third-order valence-electron chi connectivity index (χ3n) is 6.40. The maximum atomic E-state index is 9.68. The van der Waals surface area contributed by atoms with E-state index in [1.165, 1.54) is 25.7 Å². The van der Waals surface area contributed by atoms with E-state index in [9.17, 15) is 5.11 Å². The molecule has 1 N–H and O–H groups in total. The molecular formula is C15H26O. The summed E-state index contributed by atoms with van der Waals surface area (Å²) in [5.74, 6) is 5.65. The van der Waals surface area contributed by atoms with E-state index >= 15 is 0 Å². The van der Waals surface area contributed by atoms with Crippen LogP contribution in [0.5, 0.6) is 0 Å². The minimum Gasteiger partial charge on any atom is -0.396 e. The van der Waals surface area contributed by atoms with Gasteiger partial charge in [-0.05, 0) is 60.2 Å². The third-order valence-corrected chi connectivity index (χ3v) is 6.40. The lowest BCUT2D eigenvalue weighted by molar-refractivity contribution is 0.0191. The molecule has 0 aliphatic heterocycles. The lowest BCUT2D eigenvalue weighted by atomic mass is 9.64. The Hall–Kier alpha value is -0.0400. The Morgan fingerprint density at radius 1 is 1.25 bits per heavy atom. The first-order valence-electron chi connectivity index (χ1n) is 7.21. The van der Waals surface area contributed by atoms with E-state index in [4.69, 9.17) is 0 Å². The average Bonchev–Trinajstić information content (AvgIpc) is 2.88. The molecule has 0 aromatic heterocycles. The molecule has 0 aromatic rings. The quantitative estimate of drug-likeness (QED) is 0.760. The number of hydrogen-bond acceptors (Lipinski definition) is 1. The zero-order chi connectivity index (χ0) is 11.5. The molecule has 3 aliphatic rings. The highest BCUT2D eigenvalue weighted by Gasteiger charge is 2.62. The molecule has 0 saturated heterocycles. The Morgan fingerprint density at radius 3 is 2.62 bits per heavy atom. The van der Waals surface area contributed by atoms with E-state index in [1.807, 2.05) is 0 Å². The van der Waals surface area contributed by atoms with Crippen molar-refractivity contribution in [1.82, 2.24) is 0 Å². The Kier molecular flexibility index (Phi) is 2.41. The van der Waals surface area contributed by atoms with E-state index in [2.05, 4.69) is 20.8 Å². The molecule has 0 radical (unpaired) electrons. The van der Waals surface area contributed by atoms with Gasteiger partial charge in [-0.3, -0.25) is 0 Å². The van der Waals surface area contributed by atoms with Gasteiger partial charge in [0.2, 0.25) is 0 Å². The molecule has 7 atom stereocenters. The molecule has 1 nitrogen and oxygen atoms in total. The Balaban J connectivity index is 1.89. The number of aliphatic hydroxyl groups excluding tert-OH is 1. The zero-order valence-corrected chi connectivity index (χ0v) is 10.9. The Labute approximate surface area is 99.6 Å². The summed E-state index contributed by atoms with van der Waals surface area (Å²) in [4.78, 5) is 0. The fourth-order valence-corrected chi connectivity index (χ4v) is 5.83. The summed E-state index contributed by atoms with van der Waals surface area (Å²) >= 11 is 0. The lowest BCUT2D eigenvalue weighted by Gasteiger charge is -2.41. The first-order valence-corrected chi connectivity index (χ1v) is 7.21. The van der Waals surface area contributed by atoms with Crippen LogP contribution in [0.25, 0.3) is 0 Å². The molecule has 2 bridgehead atoms. The van der Waals surface area contributed by atoms with Gasteiger partial charge in [0.15, 0.2) is 0 Å². The highest BCUT2D eigenvalue weighted by molar-refractivity contribution is 5.11. The van der Waals surface area contributed by atoms with Gasteiger partial charge in [0.05, 0.1) is 0 Å². The molecular weight excluding hydrogens is 196 g/mol. The first kappa shape index (κ1) is 11.1. The van der Waals surface area contributed by atoms with Crippen LogP contribution in [0, 0.1) is 40.9 Å². The average molecular weight is 222 g/mol. The monoisotopic (exact) mass is 222 g/mol.